The fourth-order valence-corrected chi connectivity index (χ4v) is 7.29. The smallest absolute Gasteiger partial charge is 0.161 e. The Morgan fingerprint density at radius 3 is 1.66 bits per heavy atom. The van der Waals surface area contributed by atoms with Gasteiger partial charge < -0.3 is 8.98 Å². The van der Waals surface area contributed by atoms with Gasteiger partial charge in [0.2, 0.25) is 0 Å². The largest absolute Gasteiger partial charge is 0.454 e. The molecule has 204 valence electrons. The van der Waals surface area contributed by atoms with Crippen molar-refractivity contribution < 1.29 is 4.42 Å². The zero-order chi connectivity index (χ0) is 28.8. The molecule has 0 bridgehead atoms. The molecule has 0 atom stereocenters. The van der Waals surface area contributed by atoms with E-state index in [0.29, 0.717) is 0 Å². The maximum absolute atomic E-state index is 6.58. The summed E-state index contributed by atoms with van der Waals surface area (Å²) in [5.41, 5.74) is 7.07. The van der Waals surface area contributed by atoms with Crippen LogP contribution in [-0.2, 0) is 0 Å². The first kappa shape index (κ1) is 23.6. The molecule has 0 aliphatic heterocycles. The van der Waals surface area contributed by atoms with E-state index in [1.807, 2.05) is 6.20 Å². The first-order valence-electron chi connectivity index (χ1n) is 15.0. The minimum atomic E-state index is 0.811. The summed E-state index contributed by atoms with van der Waals surface area (Å²) in [6, 6.07) is 49.9. The Bertz CT molecular complexity index is 2690. The van der Waals surface area contributed by atoms with Gasteiger partial charge in [-0.15, -0.1) is 0 Å². The highest BCUT2D eigenvalue weighted by atomic mass is 16.3. The summed E-state index contributed by atoms with van der Waals surface area (Å²) in [7, 11) is 0. The average molecular weight is 561 g/mol. The molecular weight excluding hydrogens is 536 g/mol. The van der Waals surface area contributed by atoms with Crippen LogP contribution in [0.2, 0.25) is 0 Å². The van der Waals surface area contributed by atoms with Crippen LogP contribution in [-0.4, -0.2) is 9.55 Å². The lowest BCUT2D eigenvalue weighted by Crippen LogP contribution is -1.93. The molecule has 0 aliphatic rings. The lowest BCUT2D eigenvalue weighted by Gasteiger charge is -2.11. The van der Waals surface area contributed by atoms with Crippen molar-refractivity contribution in [3.63, 3.8) is 0 Å². The van der Waals surface area contributed by atoms with Crippen LogP contribution in [0.15, 0.2) is 150 Å². The molecule has 0 saturated heterocycles. The van der Waals surface area contributed by atoms with Crippen molar-refractivity contribution in [1.82, 2.24) is 9.55 Å². The predicted molar refractivity (Wildman–Crippen MR) is 184 cm³/mol. The van der Waals surface area contributed by atoms with Gasteiger partial charge in [0, 0.05) is 39.0 Å². The molecule has 3 heteroatoms. The molecular formula is C41H24N2O. The van der Waals surface area contributed by atoms with E-state index in [1.165, 1.54) is 54.1 Å². The lowest BCUT2D eigenvalue weighted by molar-refractivity contribution is 0.668. The number of hydrogen-bond donors (Lipinski definition) is 0. The number of nitrogens with zero attached hydrogens (tertiary/aromatic N) is 2. The predicted octanol–water partition coefficient (Wildman–Crippen LogP) is 11.2. The van der Waals surface area contributed by atoms with Crippen LogP contribution in [0.3, 0.4) is 0 Å². The SMILES string of the molecule is c1ccc2c(c1)c1ccccc1c1cc(-c3nccc4c3oc3ccc(-n5c6ccccc6c6ccccc65)cc34)ccc21. The van der Waals surface area contributed by atoms with Crippen LogP contribution in [0, 0.1) is 0 Å². The second-order valence-corrected chi connectivity index (χ2v) is 11.5. The second kappa shape index (κ2) is 8.79. The summed E-state index contributed by atoms with van der Waals surface area (Å²) >= 11 is 0. The van der Waals surface area contributed by atoms with Gasteiger partial charge in [-0.2, -0.15) is 0 Å². The summed E-state index contributed by atoms with van der Waals surface area (Å²) in [5, 5.41) is 12.2. The molecule has 3 nitrogen and oxygen atoms in total. The number of furan rings is 1. The zero-order valence-electron chi connectivity index (χ0n) is 23.7. The zero-order valence-corrected chi connectivity index (χ0v) is 23.7. The van der Waals surface area contributed by atoms with Crippen molar-refractivity contribution in [1.29, 1.82) is 0 Å². The number of aromatic nitrogens is 2. The molecule has 0 radical (unpaired) electrons. The Morgan fingerprint density at radius 2 is 1.00 bits per heavy atom. The average Bonchev–Trinajstić information content (AvgIpc) is 3.64. The third-order valence-electron chi connectivity index (χ3n) is 9.23. The van der Waals surface area contributed by atoms with Crippen LogP contribution < -0.4 is 0 Å². The number of pyridine rings is 1. The minimum Gasteiger partial charge on any atom is -0.454 e. The lowest BCUT2D eigenvalue weighted by atomic mass is 9.92. The van der Waals surface area contributed by atoms with Crippen LogP contribution in [0.25, 0.3) is 93.0 Å². The summed E-state index contributed by atoms with van der Waals surface area (Å²) in [6.45, 7) is 0. The van der Waals surface area contributed by atoms with E-state index in [9.17, 15) is 0 Å². The van der Waals surface area contributed by atoms with Crippen molar-refractivity contribution >= 4 is 76.1 Å². The van der Waals surface area contributed by atoms with Gasteiger partial charge in [-0.25, -0.2) is 0 Å². The van der Waals surface area contributed by atoms with Crippen LogP contribution in [0.4, 0.5) is 0 Å². The molecule has 3 heterocycles. The Kier molecular flexibility index (Phi) is 4.72. The summed E-state index contributed by atoms with van der Waals surface area (Å²) in [4.78, 5) is 4.88. The molecule has 3 aromatic heterocycles. The molecule has 10 aromatic rings. The van der Waals surface area contributed by atoms with E-state index < -0.39 is 0 Å². The second-order valence-electron chi connectivity index (χ2n) is 11.5. The molecule has 0 aliphatic carbocycles. The topological polar surface area (TPSA) is 31.0 Å². The fourth-order valence-electron chi connectivity index (χ4n) is 7.29. The maximum atomic E-state index is 6.58. The molecule has 0 spiro atoms. The molecule has 0 saturated carbocycles. The number of fused-ring (bicyclic) bond motifs is 12. The van der Waals surface area contributed by atoms with E-state index >= 15 is 0 Å². The quantitative estimate of drug-likeness (QED) is 0.197. The first-order valence-corrected chi connectivity index (χ1v) is 15.0. The Hall–Kier alpha value is -5.93. The van der Waals surface area contributed by atoms with Gasteiger partial charge >= 0.3 is 0 Å². The molecule has 0 unspecified atom stereocenters. The third kappa shape index (κ3) is 3.18. The van der Waals surface area contributed by atoms with Crippen molar-refractivity contribution in [3.05, 3.63) is 146 Å². The summed E-state index contributed by atoms with van der Waals surface area (Å²) in [5.74, 6) is 0. The van der Waals surface area contributed by atoms with Crippen molar-refractivity contribution in [3.8, 4) is 16.9 Å². The van der Waals surface area contributed by atoms with Crippen molar-refractivity contribution in [2.75, 3.05) is 0 Å². The van der Waals surface area contributed by atoms with Crippen molar-refractivity contribution in [2.24, 2.45) is 0 Å². The molecule has 0 amide bonds. The van der Waals surface area contributed by atoms with Crippen LogP contribution in [0.5, 0.6) is 0 Å². The van der Waals surface area contributed by atoms with E-state index in [-0.39, 0.29) is 0 Å². The van der Waals surface area contributed by atoms with E-state index in [2.05, 4.69) is 144 Å². The van der Waals surface area contributed by atoms with E-state index in [0.717, 1.165) is 38.9 Å². The van der Waals surface area contributed by atoms with Gasteiger partial charge in [-0.05, 0) is 74.8 Å². The number of para-hydroxylation sites is 2. The summed E-state index contributed by atoms with van der Waals surface area (Å²) in [6.07, 6.45) is 1.91. The van der Waals surface area contributed by atoms with Crippen LogP contribution >= 0.6 is 0 Å². The van der Waals surface area contributed by atoms with Gasteiger partial charge in [0.1, 0.15) is 11.3 Å². The number of benzene rings is 7. The van der Waals surface area contributed by atoms with Crippen molar-refractivity contribution in [2.45, 2.75) is 0 Å². The van der Waals surface area contributed by atoms with Gasteiger partial charge in [0.15, 0.2) is 5.58 Å². The Morgan fingerprint density at radius 1 is 0.432 bits per heavy atom. The highest BCUT2D eigenvalue weighted by Gasteiger charge is 2.17. The standard InChI is InChI=1S/C41H24N2O/c1-2-11-29-27(9-1)28-10-3-4-12-30(28)35-23-25(17-19-31(29)35)40-41-34(21-22-42-40)36-24-26(18-20-39(36)44-41)43-37-15-7-5-13-32(37)33-14-6-8-16-38(33)43/h1-24H. The minimum absolute atomic E-state index is 0.811. The Balaban J connectivity index is 1.21. The third-order valence-corrected chi connectivity index (χ3v) is 9.23. The van der Waals surface area contributed by atoms with Gasteiger partial charge in [-0.3, -0.25) is 4.98 Å². The maximum Gasteiger partial charge on any atom is 0.161 e. The van der Waals surface area contributed by atoms with Gasteiger partial charge in [-0.1, -0.05) is 97.1 Å². The molecule has 0 fully saturated rings. The summed E-state index contributed by atoms with van der Waals surface area (Å²) < 4.78 is 8.93. The van der Waals surface area contributed by atoms with E-state index in [4.69, 9.17) is 9.40 Å². The molecule has 44 heavy (non-hydrogen) atoms. The molecule has 7 aromatic carbocycles. The number of hydrogen-bond acceptors (Lipinski definition) is 2. The molecule has 0 N–H and O–H groups in total. The van der Waals surface area contributed by atoms with E-state index in [1.54, 1.807) is 0 Å². The normalized spacial score (nSPS) is 12.1. The first-order chi connectivity index (χ1) is 21.8. The number of rotatable bonds is 2. The monoisotopic (exact) mass is 560 g/mol. The Labute approximate surface area is 252 Å². The van der Waals surface area contributed by atoms with Gasteiger partial charge in [0.05, 0.1) is 11.0 Å². The fraction of sp³-hybridized carbons (Fsp3) is 0. The molecule has 10 rings (SSSR count). The van der Waals surface area contributed by atoms with Crippen LogP contribution in [0.1, 0.15) is 0 Å². The highest BCUT2D eigenvalue weighted by Crippen LogP contribution is 2.40. The van der Waals surface area contributed by atoms with Gasteiger partial charge in [0.25, 0.3) is 0 Å². The highest BCUT2D eigenvalue weighted by molar-refractivity contribution is 6.26.